The maximum absolute atomic E-state index is 13.6. The monoisotopic (exact) mass is 641 g/mol. The van der Waals surface area contributed by atoms with Crippen LogP contribution in [0, 0.1) is 12.3 Å². The van der Waals surface area contributed by atoms with Gasteiger partial charge in [-0.3, -0.25) is 15.0 Å². The van der Waals surface area contributed by atoms with Crippen LogP contribution in [0.5, 0.6) is 0 Å². The number of thioether (sulfide) groups is 1. The third-order valence-electron chi connectivity index (χ3n) is 5.86. The van der Waals surface area contributed by atoms with Gasteiger partial charge in [0.05, 0.1) is 18.9 Å². The van der Waals surface area contributed by atoms with E-state index in [2.05, 4.69) is 10.1 Å². The van der Waals surface area contributed by atoms with E-state index in [1.807, 2.05) is 0 Å². The van der Waals surface area contributed by atoms with Crippen molar-refractivity contribution in [1.29, 1.82) is 5.41 Å². The van der Waals surface area contributed by atoms with Gasteiger partial charge >= 0.3 is 18.1 Å². The highest BCUT2D eigenvalue weighted by Crippen LogP contribution is 2.39. The number of hydrogen-bond acceptors (Lipinski definition) is 9. The summed E-state index contributed by atoms with van der Waals surface area (Å²) in [6.07, 6.45) is -3.93. The van der Waals surface area contributed by atoms with Gasteiger partial charge in [0.15, 0.2) is 0 Å². The molecule has 1 heterocycles. The van der Waals surface area contributed by atoms with Crippen LogP contribution in [0.1, 0.15) is 36.1 Å². The number of nitrogen functional groups attached to an aromatic ring is 1. The number of halogens is 3. The van der Waals surface area contributed by atoms with E-state index in [1.165, 1.54) is 30.0 Å². The number of amidine groups is 1. The summed E-state index contributed by atoms with van der Waals surface area (Å²) in [6.45, 7) is 1.80. The van der Waals surface area contributed by atoms with E-state index < -0.39 is 40.3 Å². The molecule has 4 N–H and O–H groups in total. The molecule has 0 bridgehead atoms. The number of rotatable bonds is 11. The zero-order chi connectivity index (χ0) is 31.2. The Labute approximate surface area is 248 Å². The molecule has 15 heteroatoms. The van der Waals surface area contributed by atoms with Crippen molar-refractivity contribution in [2.24, 2.45) is 5.73 Å². The molecule has 0 aliphatic heterocycles. The molecule has 42 heavy (non-hydrogen) atoms. The summed E-state index contributed by atoms with van der Waals surface area (Å²) >= 11 is 2.35. The van der Waals surface area contributed by atoms with Crippen LogP contribution >= 0.6 is 23.1 Å². The van der Waals surface area contributed by atoms with Gasteiger partial charge < -0.3 is 15.8 Å². The summed E-state index contributed by atoms with van der Waals surface area (Å²) in [5.41, 5.74) is 7.83. The molecule has 3 aromatic rings. The maximum Gasteiger partial charge on any atom is 0.491 e. The molecule has 224 valence electrons. The number of nitrogens with two attached hydrogens (primary N) is 1. The Morgan fingerprint density at radius 1 is 1.07 bits per heavy atom. The number of thiophene rings is 1. The second-order valence-corrected chi connectivity index (χ2v) is 13.0. The number of carbonyl (C=O) groups is 3. The van der Waals surface area contributed by atoms with E-state index in [0.717, 1.165) is 16.9 Å². The molecule has 0 radical (unpaired) electrons. The Bertz CT molecular complexity index is 1640. The molecular weight excluding hydrogens is 616 g/mol. The van der Waals surface area contributed by atoms with E-state index in [4.69, 9.17) is 11.1 Å². The van der Waals surface area contributed by atoms with Gasteiger partial charge in [-0.2, -0.15) is 13.2 Å². The number of alkyl halides is 3. The Balaban J connectivity index is 1.76. The lowest BCUT2D eigenvalue weighted by molar-refractivity contribution is -0.201. The summed E-state index contributed by atoms with van der Waals surface area (Å²) in [5.74, 6) is -4.60. The molecule has 0 aliphatic carbocycles. The van der Waals surface area contributed by atoms with Crippen LogP contribution < -0.4 is 11.1 Å². The summed E-state index contributed by atoms with van der Waals surface area (Å²) < 4.78 is 68.0. The zero-order valence-corrected chi connectivity index (χ0v) is 24.8. The molecule has 0 fully saturated rings. The number of sulfone groups is 1. The van der Waals surface area contributed by atoms with Crippen LogP contribution in [0.25, 0.3) is 11.1 Å². The third-order valence-corrected chi connectivity index (χ3v) is 10.2. The molecule has 1 amide bonds. The van der Waals surface area contributed by atoms with Gasteiger partial charge in [-0.25, -0.2) is 13.2 Å². The van der Waals surface area contributed by atoms with E-state index >= 15 is 0 Å². The number of nitrogens with one attached hydrogen (secondary N) is 2. The molecule has 0 aliphatic rings. The Hall–Kier alpha value is -3.69. The highest BCUT2D eigenvalue weighted by Gasteiger charge is 2.42. The normalized spacial score (nSPS) is 11.6. The van der Waals surface area contributed by atoms with Gasteiger partial charge in [-0.05, 0) is 61.4 Å². The SMILES string of the molecule is CSc1sc(C(=N)N)cc1S(=O)(=O)c1cccc(-c2c(C)cccc2NC(=O)CCCCC(=O)OC(=O)C(F)(F)F)c1. The minimum absolute atomic E-state index is 0.0135. The average Bonchev–Trinajstić information content (AvgIpc) is 3.37. The number of carbonyl (C=O) groups excluding carboxylic acids is 3. The fourth-order valence-electron chi connectivity index (χ4n) is 3.90. The number of ether oxygens (including phenoxy) is 1. The second-order valence-electron chi connectivity index (χ2n) is 8.92. The summed E-state index contributed by atoms with van der Waals surface area (Å²) in [7, 11) is -3.98. The average molecular weight is 642 g/mol. The predicted octanol–water partition coefficient (Wildman–Crippen LogP) is 5.69. The molecular formula is C27H26F3N3O6S3. The van der Waals surface area contributed by atoms with Crippen molar-refractivity contribution in [1.82, 2.24) is 0 Å². The lowest BCUT2D eigenvalue weighted by Gasteiger charge is -2.15. The van der Waals surface area contributed by atoms with Crippen LogP contribution in [0.4, 0.5) is 18.9 Å². The Morgan fingerprint density at radius 3 is 2.38 bits per heavy atom. The lowest BCUT2D eigenvalue weighted by atomic mass is 9.98. The summed E-state index contributed by atoms with van der Waals surface area (Å²) in [4.78, 5) is 35.2. The zero-order valence-electron chi connectivity index (χ0n) is 22.3. The fraction of sp³-hybridized carbons (Fsp3) is 0.259. The molecule has 0 saturated carbocycles. The van der Waals surface area contributed by atoms with Crippen molar-refractivity contribution in [2.45, 2.75) is 52.8 Å². The van der Waals surface area contributed by atoms with E-state index in [9.17, 15) is 36.0 Å². The molecule has 0 saturated heterocycles. The first-order valence-electron chi connectivity index (χ1n) is 12.2. The van der Waals surface area contributed by atoms with Gasteiger partial charge in [-0.1, -0.05) is 24.3 Å². The minimum atomic E-state index is -5.27. The van der Waals surface area contributed by atoms with Crippen molar-refractivity contribution in [3.63, 3.8) is 0 Å². The van der Waals surface area contributed by atoms with Crippen LogP contribution in [0.15, 0.2) is 62.5 Å². The van der Waals surface area contributed by atoms with Gasteiger partial charge in [0.25, 0.3) is 0 Å². The smallest absolute Gasteiger partial charge is 0.386 e. The van der Waals surface area contributed by atoms with Crippen molar-refractivity contribution >= 4 is 62.3 Å². The quantitative estimate of drug-likeness (QED) is 0.0602. The van der Waals surface area contributed by atoms with E-state index in [-0.39, 0.29) is 34.9 Å². The van der Waals surface area contributed by atoms with E-state index in [0.29, 0.717) is 25.9 Å². The molecule has 2 aromatic carbocycles. The van der Waals surface area contributed by atoms with Crippen molar-refractivity contribution in [2.75, 3.05) is 11.6 Å². The molecule has 1 aromatic heterocycles. The van der Waals surface area contributed by atoms with Gasteiger partial charge in [0, 0.05) is 24.1 Å². The molecule has 0 unspecified atom stereocenters. The molecule has 9 nitrogen and oxygen atoms in total. The number of anilines is 1. The van der Waals surface area contributed by atoms with Crippen LogP contribution in [0.2, 0.25) is 0 Å². The number of benzene rings is 2. The Morgan fingerprint density at radius 2 is 1.74 bits per heavy atom. The number of esters is 2. The first-order chi connectivity index (χ1) is 19.6. The first-order valence-corrected chi connectivity index (χ1v) is 15.8. The van der Waals surface area contributed by atoms with Gasteiger partial charge in [0.2, 0.25) is 15.7 Å². The van der Waals surface area contributed by atoms with Crippen LogP contribution in [0.3, 0.4) is 0 Å². The highest BCUT2D eigenvalue weighted by atomic mass is 32.2. The lowest BCUT2D eigenvalue weighted by Crippen LogP contribution is -2.27. The highest BCUT2D eigenvalue weighted by molar-refractivity contribution is 8.01. The topological polar surface area (TPSA) is 156 Å². The standard InChI is InChI=1S/C27H26F3N3O6S3/c1-15-7-5-10-18(33-21(34)11-3-4-12-22(35)39-26(36)27(28,29)30)23(15)16-8-6-9-17(13-16)42(37,38)20-14-19(24(31)32)41-25(20)40-2/h5-10,13-14H,3-4,11-12H2,1-2H3,(H3,31,32)(H,33,34). The van der Waals surface area contributed by atoms with Gasteiger partial charge in [-0.15, -0.1) is 23.1 Å². The second kappa shape index (κ2) is 13.5. The third kappa shape index (κ3) is 7.98. The molecule has 3 rings (SSSR count). The van der Waals surface area contributed by atoms with Crippen LogP contribution in [-0.4, -0.2) is 44.5 Å². The maximum atomic E-state index is 13.6. The van der Waals surface area contributed by atoms with E-state index in [1.54, 1.807) is 43.5 Å². The van der Waals surface area contributed by atoms with Crippen molar-refractivity contribution in [3.05, 3.63) is 59.0 Å². The van der Waals surface area contributed by atoms with Crippen LogP contribution in [-0.2, 0) is 29.0 Å². The minimum Gasteiger partial charge on any atom is -0.386 e. The number of aryl methyl sites for hydroxylation is 1. The van der Waals surface area contributed by atoms with Gasteiger partial charge in [0.1, 0.15) is 5.84 Å². The molecule has 0 atom stereocenters. The Kier molecular flexibility index (Phi) is 10.6. The first kappa shape index (κ1) is 32.8. The summed E-state index contributed by atoms with van der Waals surface area (Å²) in [5, 5.41) is 10.4. The largest absolute Gasteiger partial charge is 0.491 e. The van der Waals surface area contributed by atoms with Crippen molar-refractivity contribution < 1.29 is 40.7 Å². The summed E-state index contributed by atoms with van der Waals surface area (Å²) in [6, 6.07) is 12.8. The predicted molar refractivity (Wildman–Crippen MR) is 153 cm³/mol. The van der Waals surface area contributed by atoms with Crippen molar-refractivity contribution in [3.8, 4) is 11.1 Å². The number of unbranched alkanes of at least 4 members (excludes halogenated alkanes) is 1. The molecule has 0 spiro atoms. The fourth-order valence-corrected chi connectivity index (χ4v) is 7.80. The number of amides is 1. The number of hydrogen-bond donors (Lipinski definition) is 3.